The van der Waals surface area contributed by atoms with Crippen molar-refractivity contribution in [2.24, 2.45) is 5.92 Å². The van der Waals surface area contributed by atoms with Gasteiger partial charge in [0.05, 0.1) is 6.54 Å². The summed E-state index contributed by atoms with van der Waals surface area (Å²) in [7, 11) is 0. The van der Waals surface area contributed by atoms with Crippen molar-refractivity contribution in [1.82, 2.24) is 9.80 Å². The molecule has 1 aliphatic rings. The molecule has 15 heavy (non-hydrogen) atoms. The molecule has 2 heteroatoms. The summed E-state index contributed by atoms with van der Waals surface area (Å²) in [5.41, 5.74) is 0. The van der Waals surface area contributed by atoms with E-state index in [1.165, 1.54) is 45.6 Å². The van der Waals surface area contributed by atoms with Crippen molar-refractivity contribution >= 4 is 0 Å². The van der Waals surface area contributed by atoms with Gasteiger partial charge < -0.3 is 4.90 Å². The lowest BCUT2D eigenvalue weighted by Gasteiger charge is -2.33. The summed E-state index contributed by atoms with van der Waals surface area (Å²) in [6.45, 7) is 11.3. The second kappa shape index (κ2) is 6.87. The van der Waals surface area contributed by atoms with Gasteiger partial charge in [0.2, 0.25) is 0 Å². The summed E-state index contributed by atoms with van der Waals surface area (Å²) < 4.78 is 0. The molecule has 0 saturated carbocycles. The van der Waals surface area contributed by atoms with Crippen molar-refractivity contribution in [2.75, 3.05) is 39.3 Å². The van der Waals surface area contributed by atoms with Crippen LogP contribution < -0.4 is 0 Å². The molecule has 0 aromatic heterocycles. The Morgan fingerprint density at radius 1 is 1.27 bits per heavy atom. The average Bonchev–Trinajstić information content (AvgIpc) is 2.28. The number of hydrogen-bond acceptors (Lipinski definition) is 2. The Hall–Kier alpha value is -0.520. The van der Waals surface area contributed by atoms with Gasteiger partial charge in [-0.2, -0.15) is 0 Å². The quantitative estimate of drug-likeness (QED) is 0.634. The van der Waals surface area contributed by atoms with Gasteiger partial charge >= 0.3 is 0 Å². The van der Waals surface area contributed by atoms with Crippen LogP contribution in [0.1, 0.15) is 26.7 Å². The van der Waals surface area contributed by atoms with E-state index >= 15 is 0 Å². The van der Waals surface area contributed by atoms with E-state index in [4.69, 9.17) is 6.42 Å². The minimum atomic E-state index is 0.831. The third kappa shape index (κ3) is 4.24. The molecule has 0 radical (unpaired) electrons. The van der Waals surface area contributed by atoms with Crippen LogP contribution in [-0.4, -0.2) is 49.1 Å². The van der Waals surface area contributed by atoms with Gasteiger partial charge in [0.25, 0.3) is 0 Å². The molecular formula is C13H24N2. The van der Waals surface area contributed by atoms with E-state index in [2.05, 4.69) is 29.6 Å². The third-order valence-corrected chi connectivity index (χ3v) is 3.43. The molecule has 2 nitrogen and oxygen atoms in total. The molecule has 0 aromatic rings. The maximum Gasteiger partial charge on any atom is 0.0598 e. The minimum absolute atomic E-state index is 0.831. The topological polar surface area (TPSA) is 6.48 Å². The van der Waals surface area contributed by atoms with Crippen molar-refractivity contribution in [3.05, 3.63) is 0 Å². The number of rotatable bonds is 5. The number of hydrogen-bond donors (Lipinski definition) is 0. The van der Waals surface area contributed by atoms with Crippen LogP contribution in [0.5, 0.6) is 0 Å². The highest BCUT2D eigenvalue weighted by atomic mass is 15.1. The second-order valence-corrected chi connectivity index (χ2v) is 4.41. The smallest absolute Gasteiger partial charge is 0.0598 e. The van der Waals surface area contributed by atoms with Gasteiger partial charge in [-0.15, -0.1) is 6.42 Å². The van der Waals surface area contributed by atoms with E-state index in [0.29, 0.717) is 0 Å². The number of likely N-dealkylation sites (tertiary alicyclic amines) is 1. The lowest BCUT2D eigenvalue weighted by Crippen LogP contribution is -2.38. The maximum atomic E-state index is 5.32. The Balaban J connectivity index is 2.22. The zero-order chi connectivity index (χ0) is 11.1. The molecule has 0 aromatic carbocycles. The molecule has 1 heterocycles. The summed E-state index contributed by atoms with van der Waals surface area (Å²) in [5, 5.41) is 0. The summed E-state index contributed by atoms with van der Waals surface area (Å²) >= 11 is 0. The molecule has 1 fully saturated rings. The lowest BCUT2D eigenvalue weighted by molar-refractivity contribution is 0.159. The Morgan fingerprint density at radius 3 is 2.33 bits per heavy atom. The van der Waals surface area contributed by atoms with Crippen LogP contribution in [0.4, 0.5) is 0 Å². The molecule has 0 atom stereocenters. The van der Waals surface area contributed by atoms with Crippen molar-refractivity contribution in [1.29, 1.82) is 0 Å². The number of nitrogens with zero attached hydrogens (tertiary/aromatic N) is 2. The van der Waals surface area contributed by atoms with Crippen LogP contribution in [-0.2, 0) is 0 Å². The Morgan fingerprint density at radius 2 is 1.87 bits per heavy atom. The Labute approximate surface area is 94.6 Å². The standard InChI is InChI=1S/C13H24N2/c1-4-9-15-10-7-13(8-11-15)12-14(5-2)6-3/h1,13H,5-12H2,2-3H3. The van der Waals surface area contributed by atoms with E-state index in [0.717, 1.165) is 12.5 Å². The van der Waals surface area contributed by atoms with Gasteiger partial charge in [0.15, 0.2) is 0 Å². The van der Waals surface area contributed by atoms with Crippen molar-refractivity contribution < 1.29 is 0 Å². The van der Waals surface area contributed by atoms with E-state index in [1.807, 2.05) is 0 Å². The van der Waals surface area contributed by atoms with Crippen LogP contribution >= 0.6 is 0 Å². The first-order chi connectivity index (χ1) is 7.30. The normalized spacial score (nSPS) is 19.3. The highest BCUT2D eigenvalue weighted by Gasteiger charge is 2.19. The van der Waals surface area contributed by atoms with Crippen molar-refractivity contribution in [3.63, 3.8) is 0 Å². The predicted molar refractivity (Wildman–Crippen MR) is 65.8 cm³/mol. The van der Waals surface area contributed by atoms with Crippen LogP contribution in [0.25, 0.3) is 0 Å². The van der Waals surface area contributed by atoms with Gasteiger partial charge in [-0.05, 0) is 44.9 Å². The fourth-order valence-corrected chi connectivity index (χ4v) is 2.30. The first-order valence-corrected chi connectivity index (χ1v) is 6.18. The van der Waals surface area contributed by atoms with Gasteiger partial charge in [-0.25, -0.2) is 0 Å². The second-order valence-electron chi connectivity index (χ2n) is 4.41. The molecule has 0 bridgehead atoms. The minimum Gasteiger partial charge on any atom is -0.304 e. The van der Waals surface area contributed by atoms with E-state index in [1.54, 1.807) is 0 Å². The highest BCUT2D eigenvalue weighted by Crippen LogP contribution is 2.17. The molecule has 1 aliphatic heterocycles. The van der Waals surface area contributed by atoms with Crippen molar-refractivity contribution in [2.45, 2.75) is 26.7 Å². The average molecular weight is 208 g/mol. The third-order valence-electron chi connectivity index (χ3n) is 3.43. The first kappa shape index (κ1) is 12.5. The first-order valence-electron chi connectivity index (χ1n) is 6.18. The fourth-order valence-electron chi connectivity index (χ4n) is 2.30. The SMILES string of the molecule is C#CCN1CCC(CN(CC)CC)CC1. The molecule has 0 amide bonds. The molecule has 0 aliphatic carbocycles. The van der Waals surface area contributed by atoms with Crippen LogP contribution in [0.3, 0.4) is 0 Å². The largest absolute Gasteiger partial charge is 0.304 e. The highest BCUT2D eigenvalue weighted by molar-refractivity contribution is 4.89. The summed E-state index contributed by atoms with van der Waals surface area (Å²) in [4.78, 5) is 4.92. The van der Waals surface area contributed by atoms with E-state index in [-0.39, 0.29) is 0 Å². The van der Waals surface area contributed by atoms with E-state index < -0.39 is 0 Å². The monoisotopic (exact) mass is 208 g/mol. The molecule has 0 spiro atoms. The molecular weight excluding hydrogens is 184 g/mol. The Bertz CT molecular complexity index is 195. The zero-order valence-corrected chi connectivity index (χ0v) is 10.2. The van der Waals surface area contributed by atoms with Gasteiger partial charge in [0.1, 0.15) is 0 Å². The molecule has 0 unspecified atom stereocenters. The summed E-state index contributed by atoms with van der Waals surface area (Å²) in [6.07, 6.45) is 7.95. The van der Waals surface area contributed by atoms with E-state index in [9.17, 15) is 0 Å². The van der Waals surface area contributed by atoms with Crippen LogP contribution in [0.15, 0.2) is 0 Å². The van der Waals surface area contributed by atoms with Crippen molar-refractivity contribution in [3.8, 4) is 12.3 Å². The van der Waals surface area contributed by atoms with Gasteiger partial charge in [-0.3, -0.25) is 4.90 Å². The Kier molecular flexibility index (Phi) is 5.75. The number of terminal acetylenes is 1. The molecule has 1 saturated heterocycles. The van der Waals surface area contributed by atoms with Gasteiger partial charge in [-0.1, -0.05) is 19.8 Å². The maximum absolute atomic E-state index is 5.32. The lowest BCUT2D eigenvalue weighted by atomic mass is 9.96. The van der Waals surface area contributed by atoms with Crippen LogP contribution in [0.2, 0.25) is 0 Å². The molecule has 86 valence electrons. The fraction of sp³-hybridized carbons (Fsp3) is 0.846. The predicted octanol–water partition coefficient (Wildman–Crippen LogP) is 1.67. The number of piperidine rings is 1. The zero-order valence-electron chi connectivity index (χ0n) is 10.2. The summed E-state index contributed by atoms with van der Waals surface area (Å²) in [5.74, 6) is 3.62. The summed E-state index contributed by atoms with van der Waals surface area (Å²) in [6, 6.07) is 0. The van der Waals surface area contributed by atoms with Crippen LogP contribution in [0, 0.1) is 18.3 Å². The molecule has 0 N–H and O–H groups in total. The van der Waals surface area contributed by atoms with Gasteiger partial charge in [0, 0.05) is 6.54 Å². The molecule has 1 rings (SSSR count).